The molecule has 0 saturated heterocycles. The predicted octanol–water partition coefficient (Wildman–Crippen LogP) is 2.17. The first-order valence-electron chi connectivity index (χ1n) is 5.20. The Morgan fingerprint density at radius 2 is 2.06 bits per heavy atom. The summed E-state index contributed by atoms with van der Waals surface area (Å²) in [5.74, 6) is -0.402. The van der Waals surface area contributed by atoms with Crippen LogP contribution in [0.15, 0.2) is 30.3 Å². The quantitative estimate of drug-likeness (QED) is 0.710. The summed E-state index contributed by atoms with van der Waals surface area (Å²) in [6, 6.07) is 11.8. The first kappa shape index (κ1) is 10.7. The molecule has 1 aliphatic rings. The highest BCUT2D eigenvalue weighted by molar-refractivity contribution is 5.68. The zero-order chi connectivity index (χ0) is 11.8. The van der Waals surface area contributed by atoms with Crippen molar-refractivity contribution in [2.45, 2.75) is 31.3 Å². The molecule has 0 radical (unpaired) electrons. The maximum atomic E-state index is 11.0. The zero-order valence-electron chi connectivity index (χ0n) is 9.36. The van der Waals surface area contributed by atoms with E-state index in [9.17, 15) is 10.1 Å². The second-order valence-corrected chi connectivity index (χ2v) is 4.41. The molecule has 2 rings (SSSR count). The van der Waals surface area contributed by atoms with Gasteiger partial charge in [-0.2, -0.15) is 5.26 Å². The number of nitriles is 1. The van der Waals surface area contributed by atoms with Crippen LogP contribution in [0.2, 0.25) is 0 Å². The molecule has 16 heavy (non-hydrogen) atoms. The fraction of sp³-hybridized carbons (Fsp3) is 0.385. The van der Waals surface area contributed by atoms with Gasteiger partial charge in [-0.05, 0) is 5.56 Å². The maximum absolute atomic E-state index is 11.0. The molecule has 3 nitrogen and oxygen atoms in total. The van der Waals surface area contributed by atoms with Crippen LogP contribution in [0, 0.1) is 11.3 Å². The molecule has 82 valence electrons. The number of benzene rings is 1. The number of ether oxygens (including phenoxy) is 1. The fourth-order valence-electron chi connectivity index (χ4n) is 2.17. The largest absolute Gasteiger partial charge is 0.443 e. The van der Waals surface area contributed by atoms with Crippen molar-refractivity contribution in [3.63, 3.8) is 0 Å². The van der Waals surface area contributed by atoms with Crippen molar-refractivity contribution in [2.75, 3.05) is 0 Å². The van der Waals surface area contributed by atoms with Gasteiger partial charge in [-0.25, -0.2) is 0 Å². The van der Waals surface area contributed by atoms with Gasteiger partial charge in [0.2, 0.25) is 5.60 Å². The molecule has 1 aromatic carbocycles. The molecular formula is C13H13NO2. The minimum atomic E-state index is -0.972. The molecule has 0 N–H and O–H groups in total. The molecule has 1 fully saturated rings. The molecular weight excluding hydrogens is 202 g/mol. The number of rotatable bonds is 2. The lowest BCUT2D eigenvalue weighted by Crippen LogP contribution is -2.25. The van der Waals surface area contributed by atoms with E-state index in [-0.39, 0.29) is 5.41 Å². The van der Waals surface area contributed by atoms with Crippen LogP contribution < -0.4 is 0 Å². The van der Waals surface area contributed by atoms with E-state index in [0.29, 0.717) is 6.42 Å². The third-order valence-electron chi connectivity index (χ3n) is 3.28. The molecule has 0 bridgehead atoms. The van der Waals surface area contributed by atoms with Gasteiger partial charge in [-0.3, -0.25) is 4.79 Å². The van der Waals surface area contributed by atoms with Crippen LogP contribution in [0.25, 0.3) is 0 Å². The lowest BCUT2D eigenvalue weighted by atomic mass is 9.94. The van der Waals surface area contributed by atoms with E-state index in [1.165, 1.54) is 6.92 Å². The van der Waals surface area contributed by atoms with Crippen LogP contribution in [0.5, 0.6) is 0 Å². The zero-order valence-corrected chi connectivity index (χ0v) is 9.36. The molecule has 0 amide bonds. The summed E-state index contributed by atoms with van der Waals surface area (Å²) >= 11 is 0. The van der Waals surface area contributed by atoms with Gasteiger partial charge < -0.3 is 4.74 Å². The number of hydrogen-bond donors (Lipinski definition) is 0. The molecule has 0 aliphatic heterocycles. The van der Waals surface area contributed by atoms with E-state index in [1.807, 2.05) is 37.3 Å². The van der Waals surface area contributed by atoms with Gasteiger partial charge in [0.05, 0.1) is 5.41 Å². The first-order chi connectivity index (χ1) is 7.54. The minimum absolute atomic E-state index is 0.366. The predicted molar refractivity (Wildman–Crippen MR) is 58.5 cm³/mol. The van der Waals surface area contributed by atoms with Crippen LogP contribution >= 0.6 is 0 Å². The van der Waals surface area contributed by atoms with Crippen molar-refractivity contribution in [1.82, 2.24) is 0 Å². The highest BCUT2D eigenvalue weighted by Crippen LogP contribution is 2.59. The number of esters is 1. The van der Waals surface area contributed by atoms with E-state index < -0.39 is 11.6 Å². The minimum Gasteiger partial charge on any atom is -0.443 e. The Balaban J connectivity index is 2.32. The topological polar surface area (TPSA) is 50.1 Å². The van der Waals surface area contributed by atoms with Crippen molar-refractivity contribution >= 4 is 5.97 Å². The molecule has 1 saturated carbocycles. The van der Waals surface area contributed by atoms with Crippen molar-refractivity contribution in [2.24, 2.45) is 0 Å². The highest BCUT2D eigenvalue weighted by atomic mass is 16.6. The van der Waals surface area contributed by atoms with Gasteiger partial charge in [-0.1, -0.05) is 37.3 Å². The van der Waals surface area contributed by atoms with E-state index in [0.717, 1.165) is 5.56 Å². The van der Waals surface area contributed by atoms with Gasteiger partial charge in [-0.15, -0.1) is 0 Å². The van der Waals surface area contributed by atoms with E-state index in [4.69, 9.17) is 4.74 Å². The lowest BCUT2D eigenvalue weighted by Gasteiger charge is -2.16. The van der Waals surface area contributed by atoms with Crippen molar-refractivity contribution < 1.29 is 9.53 Å². The number of carbonyl (C=O) groups is 1. The van der Waals surface area contributed by atoms with Gasteiger partial charge in [0.1, 0.15) is 6.07 Å². The Hall–Kier alpha value is -1.82. The summed E-state index contributed by atoms with van der Waals surface area (Å²) in [6.07, 6.45) is 0.570. The van der Waals surface area contributed by atoms with Crippen molar-refractivity contribution in [3.05, 3.63) is 35.9 Å². The third kappa shape index (κ3) is 1.38. The van der Waals surface area contributed by atoms with Gasteiger partial charge in [0, 0.05) is 13.3 Å². The molecule has 1 aromatic rings. The Morgan fingerprint density at radius 3 is 2.56 bits per heavy atom. The van der Waals surface area contributed by atoms with E-state index in [2.05, 4.69) is 6.07 Å². The number of carbonyl (C=O) groups excluding carboxylic acids is 1. The van der Waals surface area contributed by atoms with Crippen molar-refractivity contribution in [3.8, 4) is 6.07 Å². The molecule has 0 aromatic heterocycles. The molecule has 2 atom stereocenters. The summed E-state index contributed by atoms with van der Waals surface area (Å²) in [6.45, 7) is 3.29. The summed E-state index contributed by atoms with van der Waals surface area (Å²) in [5, 5.41) is 9.18. The van der Waals surface area contributed by atoms with E-state index >= 15 is 0 Å². The number of nitrogens with zero attached hydrogens (tertiary/aromatic N) is 1. The fourth-order valence-corrected chi connectivity index (χ4v) is 2.17. The summed E-state index contributed by atoms with van der Waals surface area (Å²) < 4.78 is 5.17. The molecule has 0 heterocycles. The molecule has 1 aliphatic carbocycles. The van der Waals surface area contributed by atoms with Crippen LogP contribution in [0.1, 0.15) is 25.8 Å². The average Bonchev–Trinajstić information content (AvgIpc) is 2.86. The summed E-state index contributed by atoms with van der Waals surface area (Å²) in [4.78, 5) is 11.0. The molecule has 3 heteroatoms. The maximum Gasteiger partial charge on any atom is 0.304 e. The van der Waals surface area contributed by atoms with Crippen LogP contribution in [0.4, 0.5) is 0 Å². The van der Waals surface area contributed by atoms with Crippen LogP contribution in [-0.2, 0) is 14.9 Å². The first-order valence-corrected chi connectivity index (χ1v) is 5.20. The standard InChI is InChI=1S/C13H13NO2/c1-10(15)16-13(9-14)8-12(13,2)11-6-4-3-5-7-11/h3-7H,8H2,1-2H3/t12-,13-/m1/s1. The summed E-state index contributed by atoms with van der Waals surface area (Å²) in [5.41, 5.74) is -0.299. The lowest BCUT2D eigenvalue weighted by molar-refractivity contribution is -0.146. The van der Waals surface area contributed by atoms with Gasteiger partial charge in [0.25, 0.3) is 0 Å². The second-order valence-electron chi connectivity index (χ2n) is 4.41. The third-order valence-corrected chi connectivity index (χ3v) is 3.28. The molecule has 0 unspecified atom stereocenters. The normalized spacial score (nSPS) is 31.6. The monoisotopic (exact) mass is 215 g/mol. The molecule has 0 spiro atoms. The van der Waals surface area contributed by atoms with Crippen LogP contribution in [-0.4, -0.2) is 11.6 Å². The van der Waals surface area contributed by atoms with E-state index in [1.54, 1.807) is 0 Å². The number of hydrogen-bond acceptors (Lipinski definition) is 3. The SMILES string of the molecule is CC(=O)O[C@@]1(C#N)C[C@]1(C)c1ccccc1. The average molecular weight is 215 g/mol. The second kappa shape index (κ2) is 3.34. The summed E-state index contributed by atoms with van der Waals surface area (Å²) in [7, 11) is 0. The Kier molecular flexibility index (Phi) is 2.23. The Morgan fingerprint density at radius 1 is 1.44 bits per heavy atom. The van der Waals surface area contributed by atoms with Gasteiger partial charge >= 0.3 is 5.97 Å². The Bertz CT molecular complexity index is 463. The van der Waals surface area contributed by atoms with Crippen LogP contribution in [0.3, 0.4) is 0 Å². The van der Waals surface area contributed by atoms with Crippen molar-refractivity contribution in [1.29, 1.82) is 5.26 Å². The van der Waals surface area contributed by atoms with Gasteiger partial charge in [0.15, 0.2) is 0 Å². The Labute approximate surface area is 94.6 Å². The smallest absolute Gasteiger partial charge is 0.304 e. The highest BCUT2D eigenvalue weighted by Gasteiger charge is 2.69.